The van der Waals surface area contributed by atoms with Crippen molar-refractivity contribution in [2.75, 3.05) is 18.5 Å². The number of benzene rings is 1. The van der Waals surface area contributed by atoms with Crippen molar-refractivity contribution >= 4 is 22.9 Å². The van der Waals surface area contributed by atoms with Gasteiger partial charge < -0.3 is 14.8 Å². The van der Waals surface area contributed by atoms with E-state index in [9.17, 15) is 4.79 Å². The first-order valence-corrected chi connectivity index (χ1v) is 7.60. The third kappa shape index (κ3) is 3.00. The van der Waals surface area contributed by atoms with Crippen LogP contribution >= 0.6 is 11.3 Å². The Hall–Kier alpha value is -2.08. The average Bonchev–Trinajstić information content (AvgIpc) is 2.66. The van der Waals surface area contributed by atoms with Gasteiger partial charge in [0.15, 0.2) is 11.5 Å². The number of rotatable bonds is 2. The molecule has 0 atom stereocenters. The molecule has 0 radical (unpaired) electrons. The number of ether oxygens (including phenoxy) is 2. The van der Waals surface area contributed by atoms with Crippen LogP contribution < -0.4 is 14.8 Å². The monoisotopic (exact) mass is 304 g/mol. The Labute approximate surface area is 126 Å². The fourth-order valence-electron chi connectivity index (χ4n) is 2.17. The van der Waals surface area contributed by atoms with E-state index in [0.29, 0.717) is 29.5 Å². The van der Waals surface area contributed by atoms with Crippen LogP contribution in [0.2, 0.25) is 0 Å². The molecule has 0 fully saturated rings. The number of carbonyl (C=O) groups excluding carboxylic acids is 1. The van der Waals surface area contributed by atoms with Gasteiger partial charge >= 0.3 is 0 Å². The van der Waals surface area contributed by atoms with E-state index in [4.69, 9.17) is 9.47 Å². The molecule has 1 aliphatic rings. The number of thiazole rings is 1. The Morgan fingerprint density at radius 3 is 2.71 bits per heavy atom. The fourth-order valence-corrected chi connectivity index (χ4v) is 2.99. The number of carbonyl (C=O) groups is 1. The molecule has 2 heterocycles. The summed E-state index contributed by atoms with van der Waals surface area (Å²) in [5.41, 5.74) is 1.44. The van der Waals surface area contributed by atoms with Crippen LogP contribution in [0.15, 0.2) is 18.2 Å². The summed E-state index contributed by atoms with van der Waals surface area (Å²) in [6, 6.07) is 5.43. The number of aryl methyl sites for hydroxylation is 2. The van der Waals surface area contributed by atoms with Crippen molar-refractivity contribution in [3.05, 3.63) is 33.8 Å². The van der Waals surface area contributed by atoms with Gasteiger partial charge in [-0.25, -0.2) is 4.98 Å². The Balaban J connectivity index is 1.80. The van der Waals surface area contributed by atoms with Crippen molar-refractivity contribution in [3.63, 3.8) is 0 Å². The molecule has 2 aromatic rings. The smallest absolute Gasteiger partial charge is 0.267 e. The number of nitrogens with one attached hydrogen (secondary N) is 1. The van der Waals surface area contributed by atoms with Crippen molar-refractivity contribution in [3.8, 4) is 11.5 Å². The average molecular weight is 304 g/mol. The molecule has 1 aromatic carbocycles. The summed E-state index contributed by atoms with van der Waals surface area (Å²) >= 11 is 1.39. The molecule has 0 bridgehead atoms. The summed E-state index contributed by atoms with van der Waals surface area (Å²) in [6.45, 7) is 5.00. The van der Waals surface area contributed by atoms with Crippen LogP contribution in [-0.4, -0.2) is 24.1 Å². The summed E-state index contributed by atoms with van der Waals surface area (Å²) in [5.74, 6) is 1.24. The first-order valence-electron chi connectivity index (χ1n) is 6.78. The van der Waals surface area contributed by atoms with Gasteiger partial charge in [-0.3, -0.25) is 4.79 Å². The van der Waals surface area contributed by atoms with Crippen molar-refractivity contribution in [2.45, 2.75) is 20.3 Å². The van der Waals surface area contributed by atoms with Crippen LogP contribution in [0.1, 0.15) is 26.8 Å². The second kappa shape index (κ2) is 5.73. The van der Waals surface area contributed by atoms with Crippen molar-refractivity contribution in [1.82, 2.24) is 4.98 Å². The molecule has 0 spiro atoms. The van der Waals surface area contributed by atoms with Gasteiger partial charge in [-0.05, 0) is 26.0 Å². The normalized spacial score (nSPS) is 13.6. The van der Waals surface area contributed by atoms with Crippen LogP contribution in [-0.2, 0) is 0 Å². The van der Waals surface area contributed by atoms with E-state index < -0.39 is 0 Å². The Bertz CT molecular complexity index is 682. The van der Waals surface area contributed by atoms with Gasteiger partial charge in [-0.15, -0.1) is 11.3 Å². The molecule has 3 rings (SSSR count). The van der Waals surface area contributed by atoms with E-state index in [1.807, 2.05) is 26.0 Å². The van der Waals surface area contributed by atoms with Crippen LogP contribution in [0, 0.1) is 13.8 Å². The van der Waals surface area contributed by atoms with E-state index in [2.05, 4.69) is 10.3 Å². The molecule has 0 aliphatic carbocycles. The summed E-state index contributed by atoms with van der Waals surface area (Å²) in [5, 5.41) is 3.76. The number of amides is 1. The maximum atomic E-state index is 12.3. The molecule has 6 heteroatoms. The third-order valence-corrected chi connectivity index (χ3v) is 4.19. The fraction of sp³-hybridized carbons (Fsp3) is 0.333. The molecule has 1 aromatic heterocycles. The van der Waals surface area contributed by atoms with Gasteiger partial charge in [0, 0.05) is 18.2 Å². The number of fused-ring (bicyclic) bond motifs is 1. The highest BCUT2D eigenvalue weighted by Crippen LogP contribution is 2.32. The molecular formula is C15H16N2O3S. The van der Waals surface area contributed by atoms with Crippen molar-refractivity contribution in [2.24, 2.45) is 0 Å². The van der Waals surface area contributed by atoms with Crippen LogP contribution in [0.3, 0.4) is 0 Å². The first-order chi connectivity index (χ1) is 10.1. The third-order valence-electron chi connectivity index (χ3n) is 3.12. The van der Waals surface area contributed by atoms with Crippen molar-refractivity contribution < 1.29 is 14.3 Å². The lowest BCUT2D eigenvalue weighted by molar-refractivity contribution is 0.103. The van der Waals surface area contributed by atoms with Gasteiger partial charge in [-0.2, -0.15) is 0 Å². The maximum absolute atomic E-state index is 12.3. The molecule has 0 saturated heterocycles. The van der Waals surface area contributed by atoms with Gasteiger partial charge in [-0.1, -0.05) is 0 Å². The van der Waals surface area contributed by atoms with E-state index in [0.717, 1.165) is 22.9 Å². The Morgan fingerprint density at radius 2 is 2.00 bits per heavy atom. The van der Waals surface area contributed by atoms with Crippen molar-refractivity contribution in [1.29, 1.82) is 0 Å². The van der Waals surface area contributed by atoms with E-state index in [1.54, 1.807) is 6.07 Å². The van der Waals surface area contributed by atoms with E-state index in [-0.39, 0.29) is 5.91 Å². The zero-order chi connectivity index (χ0) is 14.8. The van der Waals surface area contributed by atoms with Gasteiger partial charge in [0.05, 0.1) is 23.9 Å². The van der Waals surface area contributed by atoms with Crippen LogP contribution in [0.25, 0.3) is 0 Å². The van der Waals surface area contributed by atoms with Gasteiger partial charge in [0.2, 0.25) is 0 Å². The Morgan fingerprint density at radius 1 is 1.24 bits per heavy atom. The number of anilines is 1. The lowest BCUT2D eigenvalue weighted by atomic mass is 10.2. The highest BCUT2D eigenvalue weighted by Gasteiger charge is 2.16. The lowest BCUT2D eigenvalue weighted by Crippen LogP contribution is -2.11. The zero-order valence-corrected chi connectivity index (χ0v) is 12.8. The molecule has 0 unspecified atom stereocenters. The molecule has 1 aliphatic heterocycles. The minimum atomic E-state index is -0.146. The van der Waals surface area contributed by atoms with E-state index in [1.165, 1.54) is 11.3 Å². The number of aromatic nitrogens is 1. The summed E-state index contributed by atoms with van der Waals surface area (Å²) in [4.78, 5) is 17.2. The predicted molar refractivity (Wildman–Crippen MR) is 81.6 cm³/mol. The maximum Gasteiger partial charge on any atom is 0.267 e. The highest BCUT2D eigenvalue weighted by atomic mass is 32.1. The zero-order valence-electron chi connectivity index (χ0n) is 11.9. The van der Waals surface area contributed by atoms with Crippen LogP contribution in [0.5, 0.6) is 11.5 Å². The molecular weight excluding hydrogens is 288 g/mol. The standard InChI is InChI=1S/C15H16N2O3S/c1-9-14(21-10(2)16-9)15(18)17-11-4-5-12-13(8-11)20-7-3-6-19-12/h4-5,8H,3,6-7H2,1-2H3,(H,17,18). The second-order valence-corrected chi connectivity index (χ2v) is 6.02. The first kappa shape index (κ1) is 13.9. The lowest BCUT2D eigenvalue weighted by Gasteiger charge is -2.10. The topological polar surface area (TPSA) is 60.5 Å². The SMILES string of the molecule is Cc1nc(C)c(C(=O)Nc2ccc3c(c2)OCCCO3)s1. The van der Waals surface area contributed by atoms with E-state index >= 15 is 0 Å². The number of nitrogens with zero attached hydrogens (tertiary/aromatic N) is 1. The van der Waals surface area contributed by atoms with Gasteiger partial charge in [0.25, 0.3) is 5.91 Å². The quantitative estimate of drug-likeness (QED) is 0.925. The molecule has 5 nitrogen and oxygen atoms in total. The molecule has 21 heavy (non-hydrogen) atoms. The minimum Gasteiger partial charge on any atom is -0.490 e. The molecule has 1 N–H and O–H groups in total. The largest absolute Gasteiger partial charge is 0.490 e. The summed E-state index contributed by atoms with van der Waals surface area (Å²) in [6.07, 6.45) is 0.857. The minimum absolute atomic E-state index is 0.146. The summed E-state index contributed by atoms with van der Waals surface area (Å²) in [7, 11) is 0. The molecule has 0 saturated carbocycles. The van der Waals surface area contributed by atoms with Gasteiger partial charge in [0.1, 0.15) is 4.88 Å². The number of hydrogen-bond acceptors (Lipinski definition) is 5. The second-order valence-electron chi connectivity index (χ2n) is 4.81. The molecule has 1 amide bonds. The number of hydrogen-bond donors (Lipinski definition) is 1. The molecule has 110 valence electrons. The predicted octanol–water partition coefficient (Wildman–Crippen LogP) is 3.17. The highest BCUT2D eigenvalue weighted by molar-refractivity contribution is 7.13. The van der Waals surface area contributed by atoms with Crippen LogP contribution in [0.4, 0.5) is 5.69 Å². The summed E-state index contributed by atoms with van der Waals surface area (Å²) < 4.78 is 11.2. The Kier molecular flexibility index (Phi) is 3.79.